The van der Waals surface area contributed by atoms with E-state index in [-0.39, 0.29) is 17.5 Å². The molecule has 0 unspecified atom stereocenters. The molecule has 0 aliphatic heterocycles. The van der Waals surface area contributed by atoms with E-state index < -0.39 is 10.7 Å². The Balaban J connectivity index is 1.84. The van der Waals surface area contributed by atoms with E-state index in [1.807, 2.05) is 32.9 Å². The maximum Gasteiger partial charge on any atom is 0.322 e. The minimum atomic E-state index is -0.424. The average molecular weight is 466 g/mol. The topological polar surface area (TPSA) is 91.9 Å². The van der Waals surface area contributed by atoms with Crippen LogP contribution in [0.3, 0.4) is 0 Å². The predicted molar refractivity (Wildman–Crippen MR) is 126 cm³/mol. The number of aromatic amines is 1. The van der Waals surface area contributed by atoms with Gasteiger partial charge in [0.15, 0.2) is 0 Å². The molecule has 0 aliphatic rings. The van der Waals surface area contributed by atoms with Gasteiger partial charge in [-0.2, -0.15) is 0 Å². The number of carbonyl (C=O) groups is 1. The summed E-state index contributed by atoms with van der Waals surface area (Å²) in [6.07, 6.45) is 0. The van der Waals surface area contributed by atoms with Crippen LogP contribution in [0.25, 0.3) is 22.0 Å². The highest BCUT2D eigenvalue weighted by Crippen LogP contribution is 2.35. The summed E-state index contributed by atoms with van der Waals surface area (Å²) in [7, 11) is 0. The molecule has 0 bridgehead atoms. The molecule has 0 spiro atoms. The first-order valence-corrected chi connectivity index (χ1v) is 11.2. The number of pyridine rings is 1. The van der Waals surface area contributed by atoms with E-state index in [2.05, 4.69) is 10.4 Å². The monoisotopic (exact) mass is 465 g/mol. The fraction of sp³-hybridized carbons (Fsp3) is 0.167. The molecule has 4 aromatic rings. The van der Waals surface area contributed by atoms with Crippen LogP contribution in [0.2, 0.25) is 0 Å². The molecule has 2 aromatic carbocycles. The number of hydrogen-bond acceptors (Lipinski definition) is 4. The van der Waals surface area contributed by atoms with E-state index in [1.54, 1.807) is 35.0 Å². The van der Waals surface area contributed by atoms with Gasteiger partial charge >= 0.3 is 5.91 Å². The second kappa shape index (κ2) is 9.03. The molecule has 4 rings (SSSR count). The lowest BCUT2D eigenvalue weighted by molar-refractivity contribution is -0.654. The standard InChI is InChI=1S/C24H21FN4O3S/c1-14-9-15(2)29(16(3)10-14)27-24(30)23-22(17-5-4-6-18(25)11-17)20-12-19(33-13-28(31)32)7-8-21(20)26-23/h4-12H,13H2,1-3H3,(H-,26,27,30)/p+1. The lowest BCUT2D eigenvalue weighted by Crippen LogP contribution is -2.53. The minimum Gasteiger partial charge on any atom is -0.350 e. The third-order valence-corrected chi connectivity index (χ3v) is 6.17. The van der Waals surface area contributed by atoms with Gasteiger partial charge in [0, 0.05) is 52.3 Å². The van der Waals surface area contributed by atoms with Crippen LogP contribution in [0.15, 0.2) is 59.5 Å². The van der Waals surface area contributed by atoms with Crippen molar-refractivity contribution in [3.05, 3.63) is 93.2 Å². The van der Waals surface area contributed by atoms with Crippen molar-refractivity contribution in [2.75, 3.05) is 11.3 Å². The molecule has 0 saturated heterocycles. The largest absolute Gasteiger partial charge is 0.350 e. The number of amides is 1. The van der Waals surface area contributed by atoms with Gasteiger partial charge in [-0.1, -0.05) is 16.8 Å². The van der Waals surface area contributed by atoms with Crippen LogP contribution in [-0.4, -0.2) is 21.7 Å². The predicted octanol–water partition coefficient (Wildman–Crippen LogP) is 4.90. The fourth-order valence-electron chi connectivity index (χ4n) is 3.94. The highest BCUT2D eigenvalue weighted by atomic mass is 32.2. The molecular formula is C24H22FN4O3S+. The number of thioether (sulfide) groups is 1. The van der Waals surface area contributed by atoms with Crippen LogP contribution in [0, 0.1) is 36.7 Å². The summed E-state index contributed by atoms with van der Waals surface area (Å²) in [5, 5.41) is 11.5. The van der Waals surface area contributed by atoms with Gasteiger partial charge in [0.2, 0.25) is 11.4 Å². The van der Waals surface area contributed by atoms with Gasteiger partial charge in [-0.25, -0.2) is 4.39 Å². The Hall–Kier alpha value is -3.72. The van der Waals surface area contributed by atoms with Gasteiger partial charge in [0.1, 0.15) is 11.5 Å². The zero-order valence-corrected chi connectivity index (χ0v) is 19.1. The Morgan fingerprint density at radius 3 is 2.52 bits per heavy atom. The van der Waals surface area contributed by atoms with E-state index >= 15 is 0 Å². The normalized spacial score (nSPS) is 11.0. The molecule has 0 atom stereocenters. The van der Waals surface area contributed by atoms with Crippen LogP contribution < -0.4 is 10.1 Å². The Morgan fingerprint density at radius 2 is 1.85 bits per heavy atom. The van der Waals surface area contributed by atoms with E-state index in [1.165, 1.54) is 12.1 Å². The number of aromatic nitrogens is 2. The minimum absolute atomic E-state index is 0.277. The van der Waals surface area contributed by atoms with Gasteiger partial charge in [0.05, 0.1) is 0 Å². The zero-order valence-electron chi connectivity index (χ0n) is 18.3. The SMILES string of the molecule is Cc1cc(C)[n+](NC(=O)c2[nH]c3ccc(SC[N+](=O)[O-])cc3c2-c2cccc(F)c2)c(C)c1. The molecule has 2 aromatic heterocycles. The van der Waals surface area contributed by atoms with Crippen molar-refractivity contribution in [3.63, 3.8) is 0 Å². The molecule has 0 radical (unpaired) electrons. The van der Waals surface area contributed by atoms with E-state index in [0.29, 0.717) is 26.9 Å². The molecule has 2 N–H and O–H groups in total. The first kappa shape index (κ1) is 22.5. The number of nitrogens with one attached hydrogen (secondary N) is 2. The Bertz CT molecular complexity index is 1380. The maximum atomic E-state index is 14.1. The molecule has 1 amide bonds. The first-order chi connectivity index (χ1) is 15.7. The lowest BCUT2D eigenvalue weighted by Gasteiger charge is -2.08. The number of halogens is 1. The summed E-state index contributed by atoms with van der Waals surface area (Å²) in [5.74, 6) is -1.09. The Labute approximate surface area is 193 Å². The van der Waals surface area contributed by atoms with Gasteiger partial charge in [-0.3, -0.25) is 14.9 Å². The van der Waals surface area contributed by atoms with Crippen molar-refractivity contribution in [2.24, 2.45) is 0 Å². The highest BCUT2D eigenvalue weighted by Gasteiger charge is 2.24. The number of nitrogens with zero attached hydrogens (tertiary/aromatic N) is 2. The van der Waals surface area contributed by atoms with Crippen molar-refractivity contribution in [3.8, 4) is 11.1 Å². The molecular weight excluding hydrogens is 443 g/mol. The second-order valence-corrected chi connectivity index (χ2v) is 8.81. The van der Waals surface area contributed by atoms with Crippen molar-refractivity contribution in [1.82, 2.24) is 4.98 Å². The molecule has 0 saturated carbocycles. The summed E-state index contributed by atoms with van der Waals surface area (Å²) >= 11 is 1.08. The molecule has 168 valence electrons. The average Bonchev–Trinajstić information content (AvgIpc) is 3.13. The van der Waals surface area contributed by atoms with Gasteiger partial charge in [-0.15, -0.1) is 5.43 Å². The molecule has 9 heteroatoms. The Morgan fingerprint density at radius 1 is 1.12 bits per heavy atom. The third kappa shape index (κ3) is 4.73. The first-order valence-electron chi connectivity index (χ1n) is 10.2. The number of fused-ring (bicyclic) bond motifs is 1. The van der Waals surface area contributed by atoms with E-state index in [4.69, 9.17) is 0 Å². The quantitative estimate of drug-likeness (QED) is 0.139. The van der Waals surface area contributed by atoms with Gasteiger partial charge in [0.25, 0.3) is 5.88 Å². The summed E-state index contributed by atoms with van der Waals surface area (Å²) in [4.78, 5) is 27.6. The van der Waals surface area contributed by atoms with Crippen LogP contribution in [0.5, 0.6) is 0 Å². The number of aryl methyl sites for hydroxylation is 3. The molecule has 0 fully saturated rings. The van der Waals surface area contributed by atoms with Crippen molar-refractivity contribution >= 4 is 28.6 Å². The molecule has 33 heavy (non-hydrogen) atoms. The molecule has 7 nitrogen and oxygen atoms in total. The Kier molecular flexibility index (Phi) is 6.15. The van der Waals surface area contributed by atoms with E-state index in [9.17, 15) is 19.3 Å². The molecule has 0 aliphatic carbocycles. The lowest BCUT2D eigenvalue weighted by atomic mass is 10.0. The van der Waals surface area contributed by atoms with Crippen LogP contribution in [-0.2, 0) is 0 Å². The maximum absolute atomic E-state index is 14.1. The summed E-state index contributed by atoms with van der Waals surface area (Å²) in [6.45, 7) is 5.79. The molecule has 2 heterocycles. The number of hydrogen-bond donors (Lipinski definition) is 2. The zero-order chi connectivity index (χ0) is 23.7. The second-order valence-electron chi connectivity index (χ2n) is 7.79. The summed E-state index contributed by atoms with van der Waals surface area (Å²) in [6, 6.07) is 15.3. The summed E-state index contributed by atoms with van der Waals surface area (Å²) in [5.41, 5.74) is 7.75. The van der Waals surface area contributed by atoms with Gasteiger partial charge < -0.3 is 4.98 Å². The van der Waals surface area contributed by atoms with Crippen LogP contribution >= 0.6 is 11.8 Å². The number of nitro groups is 1. The number of rotatable bonds is 6. The van der Waals surface area contributed by atoms with Gasteiger partial charge in [-0.05, 0) is 60.1 Å². The highest BCUT2D eigenvalue weighted by molar-refractivity contribution is 7.99. The van der Waals surface area contributed by atoms with E-state index in [0.717, 1.165) is 28.7 Å². The van der Waals surface area contributed by atoms with Crippen molar-refractivity contribution in [1.29, 1.82) is 0 Å². The number of carbonyl (C=O) groups excluding carboxylic acids is 1. The third-order valence-electron chi connectivity index (χ3n) is 5.24. The van der Waals surface area contributed by atoms with Crippen molar-refractivity contribution in [2.45, 2.75) is 25.7 Å². The number of H-pyrrole nitrogens is 1. The van der Waals surface area contributed by atoms with Crippen molar-refractivity contribution < 1.29 is 18.8 Å². The van der Waals surface area contributed by atoms with Crippen LogP contribution in [0.4, 0.5) is 4.39 Å². The summed E-state index contributed by atoms with van der Waals surface area (Å²) < 4.78 is 15.8. The fourth-order valence-corrected chi connectivity index (χ4v) is 4.56. The number of benzene rings is 2. The van der Waals surface area contributed by atoms with Crippen LogP contribution in [0.1, 0.15) is 27.4 Å². The smallest absolute Gasteiger partial charge is 0.322 e.